The average Bonchev–Trinajstić information content (AvgIpc) is 3.07. The maximum Gasteiger partial charge on any atom is 0.296 e. The van der Waals surface area contributed by atoms with Gasteiger partial charge in [0.05, 0.1) is 30.4 Å². The van der Waals surface area contributed by atoms with Crippen molar-refractivity contribution < 1.29 is 14.5 Å². The van der Waals surface area contributed by atoms with Crippen LogP contribution in [0.15, 0.2) is 53.7 Å². The molecule has 0 aliphatic rings. The molecule has 0 bridgehead atoms. The van der Waals surface area contributed by atoms with Crippen LogP contribution in [-0.4, -0.2) is 38.5 Å². The number of aromatic nitrogens is 3. The van der Waals surface area contributed by atoms with Crippen LogP contribution in [0.1, 0.15) is 11.4 Å². The Morgan fingerprint density at radius 1 is 1.24 bits per heavy atom. The summed E-state index contributed by atoms with van der Waals surface area (Å²) in [4.78, 5) is 23.0. The number of nitrogens with one attached hydrogen (secondary N) is 1. The van der Waals surface area contributed by atoms with Crippen LogP contribution in [-0.2, 0) is 11.3 Å². The van der Waals surface area contributed by atoms with E-state index in [1.807, 2.05) is 41.8 Å². The van der Waals surface area contributed by atoms with Gasteiger partial charge in [0.15, 0.2) is 5.16 Å². The largest absolute Gasteiger partial charge is 0.496 e. The molecule has 2 aromatic carbocycles. The van der Waals surface area contributed by atoms with E-state index < -0.39 is 4.92 Å². The lowest BCUT2D eigenvalue weighted by Crippen LogP contribution is -2.16. The Kier molecular flexibility index (Phi) is 6.45. The fraction of sp³-hybridized carbons (Fsp3) is 0.211. The number of anilines is 1. The predicted octanol–water partition coefficient (Wildman–Crippen LogP) is 3.28. The van der Waals surface area contributed by atoms with Crippen molar-refractivity contribution in [3.63, 3.8) is 0 Å². The van der Waals surface area contributed by atoms with Crippen LogP contribution < -0.4 is 10.1 Å². The number of hydrogen-bond donors (Lipinski definition) is 1. The third kappa shape index (κ3) is 5.11. The number of aryl methyl sites for hydroxylation is 1. The number of benzene rings is 2. The monoisotopic (exact) mass is 413 g/mol. The minimum absolute atomic E-state index is 0.0378. The molecule has 150 valence electrons. The molecule has 10 heteroatoms. The van der Waals surface area contributed by atoms with Crippen molar-refractivity contribution >= 4 is 29.0 Å². The summed E-state index contributed by atoms with van der Waals surface area (Å²) in [6.45, 7) is 2.44. The fourth-order valence-electron chi connectivity index (χ4n) is 2.63. The highest BCUT2D eigenvalue weighted by molar-refractivity contribution is 7.99. The van der Waals surface area contributed by atoms with Gasteiger partial charge in [-0.3, -0.25) is 14.9 Å². The van der Waals surface area contributed by atoms with Crippen LogP contribution >= 0.6 is 11.8 Å². The second-order valence-corrected chi connectivity index (χ2v) is 7.02. The molecule has 0 unspecified atom stereocenters. The Morgan fingerprint density at radius 2 is 2.00 bits per heavy atom. The van der Waals surface area contributed by atoms with Gasteiger partial charge in [-0.25, -0.2) is 0 Å². The molecule has 0 saturated carbocycles. The Balaban J connectivity index is 1.67. The molecule has 0 saturated heterocycles. The molecule has 0 aliphatic heterocycles. The number of rotatable bonds is 8. The van der Waals surface area contributed by atoms with Gasteiger partial charge in [0.2, 0.25) is 5.91 Å². The molecule has 29 heavy (non-hydrogen) atoms. The summed E-state index contributed by atoms with van der Waals surface area (Å²) in [7, 11) is 1.42. The van der Waals surface area contributed by atoms with Crippen molar-refractivity contribution in [3.05, 3.63) is 70.0 Å². The number of nitro groups is 1. The van der Waals surface area contributed by atoms with Crippen molar-refractivity contribution in [3.8, 4) is 5.75 Å². The van der Waals surface area contributed by atoms with Gasteiger partial charge in [-0.15, -0.1) is 10.2 Å². The molecule has 9 nitrogen and oxygen atoms in total. The molecule has 0 atom stereocenters. The summed E-state index contributed by atoms with van der Waals surface area (Å²) in [6.07, 6.45) is 0. The first-order chi connectivity index (χ1) is 14.0. The third-order valence-corrected chi connectivity index (χ3v) is 5.06. The van der Waals surface area contributed by atoms with E-state index in [0.717, 1.165) is 11.4 Å². The van der Waals surface area contributed by atoms with Gasteiger partial charge in [-0.2, -0.15) is 0 Å². The van der Waals surface area contributed by atoms with Gasteiger partial charge in [0.1, 0.15) is 17.3 Å². The molecule has 3 aromatic rings. The average molecular weight is 413 g/mol. The zero-order valence-electron chi connectivity index (χ0n) is 15.9. The smallest absolute Gasteiger partial charge is 0.296 e. The first-order valence-electron chi connectivity index (χ1n) is 8.66. The SMILES string of the molecule is COc1ccc(NC(=O)CSc2nnc(C)n2Cc2ccccc2)c([N+](=O)[O-])c1. The molecule has 1 heterocycles. The number of carbonyl (C=O) groups excluding carboxylic acids is 1. The zero-order chi connectivity index (χ0) is 20.8. The van der Waals surface area contributed by atoms with E-state index in [4.69, 9.17) is 4.74 Å². The number of thioether (sulfide) groups is 1. The minimum atomic E-state index is -0.564. The summed E-state index contributed by atoms with van der Waals surface area (Å²) in [5.74, 6) is 0.738. The maximum absolute atomic E-state index is 12.3. The molecule has 1 N–H and O–H groups in total. The molecular weight excluding hydrogens is 394 g/mol. The van der Waals surface area contributed by atoms with Gasteiger partial charge in [-0.1, -0.05) is 42.1 Å². The van der Waals surface area contributed by atoms with E-state index in [-0.39, 0.29) is 23.0 Å². The summed E-state index contributed by atoms with van der Waals surface area (Å²) in [5, 5.41) is 22.6. The Labute approximate surface area is 171 Å². The predicted molar refractivity (Wildman–Crippen MR) is 109 cm³/mol. The normalized spacial score (nSPS) is 10.6. The Hall–Kier alpha value is -3.40. The van der Waals surface area contributed by atoms with Crippen molar-refractivity contribution in [2.24, 2.45) is 0 Å². The van der Waals surface area contributed by atoms with Crippen LogP contribution in [0.3, 0.4) is 0 Å². The number of methoxy groups -OCH3 is 1. The van der Waals surface area contributed by atoms with Gasteiger partial charge in [-0.05, 0) is 24.6 Å². The van der Waals surface area contributed by atoms with Crippen LogP contribution in [0.2, 0.25) is 0 Å². The quantitative estimate of drug-likeness (QED) is 0.342. The van der Waals surface area contributed by atoms with Gasteiger partial charge < -0.3 is 14.6 Å². The number of carbonyl (C=O) groups is 1. The van der Waals surface area contributed by atoms with E-state index in [1.54, 1.807) is 6.07 Å². The van der Waals surface area contributed by atoms with E-state index >= 15 is 0 Å². The zero-order valence-corrected chi connectivity index (χ0v) is 16.7. The molecule has 0 fully saturated rings. The Bertz CT molecular complexity index is 1020. The standard InChI is InChI=1S/C19H19N5O4S/c1-13-21-22-19(23(13)11-14-6-4-3-5-7-14)29-12-18(25)20-16-9-8-15(28-2)10-17(16)24(26)27/h3-10H,11-12H2,1-2H3,(H,20,25). The summed E-state index contributed by atoms with van der Waals surface area (Å²) in [5.41, 5.74) is 0.977. The van der Waals surface area contributed by atoms with Crippen molar-refractivity contribution in [2.75, 3.05) is 18.2 Å². The molecular formula is C19H19N5O4S. The van der Waals surface area contributed by atoms with Crippen molar-refractivity contribution in [2.45, 2.75) is 18.6 Å². The third-order valence-electron chi connectivity index (χ3n) is 4.09. The fourth-order valence-corrected chi connectivity index (χ4v) is 3.41. The summed E-state index contributed by atoms with van der Waals surface area (Å²) < 4.78 is 6.92. The first-order valence-corrected chi connectivity index (χ1v) is 9.65. The van der Waals surface area contributed by atoms with Crippen LogP contribution in [0.5, 0.6) is 5.75 Å². The second-order valence-electron chi connectivity index (χ2n) is 6.08. The van der Waals surface area contributed by atoms with E-state index in [9.17, 15) is 14.9 Å². The van der Waals surface area contributed by atoms with Gasteiger partial charge >= 0.3 is 0 Å². The highest BCUT2D eigenvalue weighted by atomic mass is 32.2. The van der Waals surface area contributed by atoms with Crippen LogP contribution in [0, 0.1) is 17.0 Å². The molecule has 1 amide bonds. The van der Waals surface area contributed by atoms with Crippen molar-refractivity contribution in [1.82, 2.24) is 14.8 Å². The molecule has 0 spiro atoms. The highest BCUT2D eigenvalue weighted by Gasteiger charge is 2.18. The minimum Gasteiger partial charge on any atom is -0.496 e. The van der Waals surface area contributed by atoms with Crippen molar-refractivity contribution in [1.29, 1.82) is 0 Å². The number of hydrogen-bond acceptors (Lipinski definition) is 7. The van der Waals surface area contributed by atoms with Gasteiger partial charge in [0, 0.05) is 0 Å². The Morgan fingerprint density at radius 3 is 2.69 bits per heavy atom. The number of nitro benzene ring substituents is 1. The number of amides is 1. The lowest BCUT2D eigenvalue weighted by atomic mass is 10.2. The highest BCUT2D eigenvalue weighted by Crippen LogP contribution is 2.29. The lowest BCUT2D eigenvalue weighted by Gasteiger charge is -2.09. The molecule has 3 rings (SSSR count). The van der Waals surface area contributed by atoms with Crippen LogP contribution in [0.4, 0.5) is 11.4 Å². The number of nitrogens with zero attached hydrogens (tertiary/aromatic N) is 4. The van der Waals surface area contributed by atoms with E-state index in [2.05, 4.69) is 15.5 Å². The van der Waals surface area contributed by atoms with E-state index in [0.29, 0.717) is 17.5 Å². The molecule has 0 radical (unpaired) electrons. The first kappa shape index (κ1) is 20.3. The number of ether oxygens (including phenoxy) is 1. The molecule has 1 aromatic heterocycles. The topological polar surface area (TPSA) is 112 Å². The molecule has 0 aliphatic carbocycles. The van der Waals surface area contributed by atoms with Crippen LogP contribution in [0.25, 0.3) is 0 Å². The summed E-state index contributed by atoms with van der Waals surface area (Å²) >= 11 is 1.22. The summed E-state index contributed by atoms with van der Waals surface area (Å²) in [6, 6.07) is 14.1. The second kappa shape index (κ2) is 9.20. The van der Waals surface area contributed by atoms with Gasteiger partial charge in [0.25, 0.3) is 5.69 Å². The van der Waals surface area contributed by atoms with E-state index in [1.165, 1.54) is 31.0 Å². The maximum atomic E-state index is 12.3. The lowest BCUT2D eigenvalue weighted by molar-refractivity contribution is -0.384.